The molecule has 4 rings (SSSR count). The molecule has 0 amide bonds. The standard InChI is InChI=1S/C31H40BrN2O2P/c1-22(2)29-20-11-23(3)21-30(29)36-37(35,28-18-16-27(17-19-28)34(4)5)31(24-12-14-25(32)15-13-24)33-26-9-7-6-8-10-26/h6-10,12-19,22-23,29-31,33H,11,20-21H2,1-5H3/t23-,29-,30+,31-,37-/m0/s1. The molecule has 1 N–H and O–H groups in total. The molecule has 37 heavy (non-hydrogen) atoms. The summed E-state index contributed by atoms with van der Waals surface area (Å²) in [6, 6.07) is 26.2. The van der Waals surface area contributed by atoms with Crippen molar-refractivity contribution in [3.63, 3.8) is 0 Å². The van der Waals surface area contributed by atoms with Crippen LogP contribution in [0.3, 0.4) is 0 Å². The molecular formula is C31H40BrN2O2P. The molecule has 1 fully saturated rings. The summed E-state index contributed by atoms with van der Waals surface area (Å²) in [6.07, 6.45) is 3.18. The monoisotopic (exact) mass is 582 g/mol. The van der Waals surface area contributed by atoms with E-state index in [0.29, 0.717) is 17.8 Å². The minimum absolute atomic E-state index is 0.0568. The van der Waals surface area contributed by atoms with Crippen molar-refractivity contribution in [2.75, 3.05) is 24.3 Å². The molecule has 1 saturated carbocycles. The molecular weight excluding hydrogens is 543 g/mol. The maximum atomic E-state index is 15.5. The molecule has 4 nitrogen and oxygen atoms in total. The number of nitrogens with one attached hydrogen (secondary N) is 1. The number of rotatable bonds is 9. The second kappa shape index (κ2) is 12.2. The Morgan fingerprint density at radius 2 is 1.59 bits per heavy atom. The summed E-state index contributed by atoms with van der Waals surface area (Å²) in [5.41, 5.74) is 2.93. The van der Waals surface area contributed by atoms with E-state index in [1.807, 2.05) is 93.0 Å². The van der Waals surface area contributed by atoms with Crippen LogP contribution in [-0.2, 0) is 9.09 Å². The van der Waals surface area contributed by atoms with Crippen LogP contribution in [0.4, 0.5) is 11.4 Å². The first-order valence-electron chi connectivity index (χ1n) is 13.3. The van der Waals surface area contributed by atoms with Crippen LogP contribution >= 0.6 is 23.3 Å². The van der Waals surface area contributed by atoms with Gasteiger partial charge in [-0.05, 0) is 84.7 Å². The Hall–Kier alpha value is -2.07. The lowest BCUT2D eigenvalue weighted by Gasteiger charge is -2.41. The van der Waals surface area contributed by atoms with Crippen LogP contribution in [0.15, 0.2) is 83.3 Å². The topological polar surface area (TPSA) is 41.6 Å². The molecule has 1 aliphatic carbocycles. The Bertz CT molecular complexity index is 1180. The highest BCUT2D eigenvalue weighted by Crippen LogP contribution is 2.61. The lowest BCUT2D eigenvalue weighted by Crippen LogP contribution is -2.35. The normalized spacial score (nSPS) is 22.3. The van der Waals surface area contributed by atoms with Gasteiger partial charge in [0.2, 0.25) is 0 Å². The van der Waals surface area contributed by atoms with Crippen molar-refractivity contribution in [2.24, 2.45) is 17.8 Å². The molecule has 0 unspecified atom stereocenters. The quantitative estimate of drug-likeness (QED) is 0.256. The highest BCUT2D eigenvalue weighted by atomic mass is 79.9. The van der Waals surface area contributed by atoms with E-state index < -0.39 is 13.2 Å². The van der Waals surface area contributed by atoms with Crippen molar-refractivity contribution in [1.82, 2.24) is 0 Å². The van der Waals surface area contributed by atoms with E-state index >= 15 is 4.57 Å². The number of anilines is 2. The largest absolute Gasteiger partial charge is 0.378 e. The molecule has 0 heterocycles. The Morgan fingerprint density at radius 1 is 0.946 bits per heavy atom. The summed E-state index contributed by atoms with van der Waals surface area (Å²) in [5.74, 6) is 0.874. The Labute approximate surface area is 231 Å². The average Bonchev–Trinajstić information content (AvgIpc) is 2.88. The van der Waals surface area contributed by atoms with Crippen LogP contribution in [0.25, 0.3) is 0 Å². The summed E-state index contributed by atoms with van der Waals surface area (Å²) < 4.78 is 23.5. The molecule has 1 aliphatic rings. The predicted molar refractivity (Wildman–Crippen MR) is 161 cm³/mol. The SMILES string of the molecule is CC(C)[C@@H]1CC[C@H](C)C[C@H]1O[P@@](=O)(c1ccc(N(C)C)cc1)[C@H](Nc1ccccc1)c1ccc(Br)cc1. The average molecular weight is 584 g/mol. The zero-order valence-corrected chi connectivity index (χ0v) is 25.1. The van der Waals surface area contributed by atoms with Gasteiger partial charge in [-0.15, -0.1) is 0 Å². The summed E-state index contributed by atoms with van der Waals surface area (Å²) in [6.45, 7) is 6.82. The molecule has 3 aromatic carbocycles. The van der Waals surface area contributed by atoms with Crippen molar-refractivity contribution in [1.29, 1.82) is 0 Å². The highest BCUT2D eigenvalue weighted by molar-refractivity contribution is 9.10. The molecule has 0 saturated heterocycles. The fourth-order valence-corrected chi connectivity index (χ4v) is 8.27. The Balaban J connectivity index is 1.84. The number of para-hydroxylation sites is 1. The first-order chi connectivity index (χ1) is 17.7. The number of hydrogen-bond acceptors (Lipinski definition) is 4. The van der Waals surface area contributed by atoms with E-state index in [2.05, 4.69) is 46.9 Å². The highest BCUT2D eigenvalue weighted by Gasteiger charge is 2.43. The van der Waals surface area contributed by atoms with Gasteiger partial charge in [-0.3, -0.25) is 4.57 Å². The van der Waals surface area contributed by atoms with Crippen LogP contribution in [0.2, 0.25) is 0 Å². The zero-order chi connectivity index (χ0) is 26.6. The number of hydrogen-bond donors (Lipinski definition) is 1. The molecule has 0 spiro atoms. The van der Waals surface area contributed by atoms with Crippen molar-refractivity contribution in [2.45, 2.75) is 51.9 Å². The molecule has 0 aromatic heterocycles. The van der Waals surface area contributed by atoms with Crippen LogP contribution in [0.5, 0.6) is 0 Å². The van der Waals surface area contributed by atoms with E-state index in [1.165, 1.54) is 6.42 Å². The van der Waals surface area contributed by atoms with Crippen molar-refractivity contribution < 1.29 is 9.09 Å². The third-order valence-corrected chi connectivity index (χ3v) is 10.8. The van der Waals surface area contributed by atoms with Gasteiger partial charge in [0.05, 0.1) is 6.10 Å². The van der Waals surface area contributed by atoms with E-state index in [9.17, 15) is 0 Å². The summed E-state index contributed by atoms with van der Waals surface area (Å²) >= 11 is 3.56. The summed E-state index contributed by atoms with van der Waals surface area (Å²) in [7, 11) is 0.583. The van der Waals surface area contributed by atoms with Gasteiger partial charge in [-0.2, -0.15) is 0 Å². The summed E-state index contributed by atoms with van der Waals surface area (Å²) in [4.78, 5) is 2.06. The molecule has 198 valence electrons. The summed E-state index contributed by atoms with van der Waals surface area (Å²) in [5, 5.41) is 4.37. The minimum atomic E-state index is -3.45. The number of halogens is 1. The van der Waals surface area contributed by atoms with Crippen molar-refractivity contribution >= 4 is 40.0 Å². The van der Waals surface area contributed by atoms with E-state index in [-0.39, 0.29) is 6.10 Å². The van der Waals surface area contributed by atoms with Gasteiger partial charge in [0, 0.05) is 35.2 Å². The zero-order valence-electron chi connectivity index (χ0n) is 22.6. The maximum absolute atomic E-state index is 15.5. The van der Waals surface area contributed by atoms with Crippen LogP contribution < -0.4 is 15.5 Å². The minimum Gasteiger partial charge on any atom is -0.378 e. The van der Waals surface area contributed by atoms with E-state index in [4.69, 9.17) is 4.52 Å². The fraction of sp³-hybridized carbons (Fsp3) is 0.419. The van der Waals surface area contributed by atoms with E-state index in [1.54, 1.807) is 0 Å². The number of benzene rings is 3. The van der Waals surface area contributed by atoms with Gasteiger partial charge in [-0.1, -0.05) is 73.5 Å². The van der Waals surface area contributed by atoms with Gasteiger partial charge < -0.3 is 14.7 Å². The first-order valence-corrected chi connectivity index (χ1v) is 15.8. The van der Waals surface area contributed by atoms with Crippen molar-refractivity contribution in [3.05, 3.63) is 88.9 Å². The smallest absolute Gasteiger partial charge is 0.258 e. The number of nitrogens with zero attached hydrogens (tertiary/aromatic N) is 1. The second-order valence-corrected chi connectivity index (χ2v) is 14.3. The van der Waals surface area contributed by atoms with Gasteiger partial charge in [0.1, 0.15) is 5.78 Å². The predicted octanol–water partition coefficient (Wildman–Crippen LogP) is 8.71. The Morgan fingerprint density at radius 3 is 2.19 bits per heavy atom. The third kappa shape index (κ3) is 6.69. The Kier molecular flexibility index (Phi) is 9.21. The van der Waals surface area contributed by atoms with Gasteiger partial charge >= 0.3 is 0 Å². The third-order valence-electron chi connectivity index (χ3n) is 7.58. The molecule has 6 heteroatoms. The lowest BCUT2D eigenvalue weighted by atomic mass is 9.75. The first kappa shape index (κ1) is 28.0. The van der Waals surface area contributed by atoms with E-state index in [0.717, 1.165) is 39.6 Å². The lowest BCUT2D eigenvalue weighted by molar-refractivity contribution is 0.0489. The second-order valence-electron chi connectivity index (χ2n) is 10.9. The molecule has 0 radical (unpaired) electrons. The van der Waals surface area contributed by atoms with Crippen LogP contribution in [-0.4, -0.2) is 20.2 Å². The fourth-order valence-electron chi connectivity index (χ4n) is 5.37. The molecule has 0 bridgehead atoms. The van der Waals surface area contributed by atoms with Crippen LogP contribution in [0.1, 0.15) is 51.4 Å². The van der Waals surface area contributed by atoms with Crippen LogP contribution in [0, 0.1) is 17.8 Å². The molecule has 0 aliphatic heterocycles. The van der Waals surface area contributed by atoms with Gasteiger partial charge in [0.15, 0.2) is 0 Å². The van der Waals surface area contributed by atoms with Gasteiger partial charge in [0.25, 0.3) is 7.37 Å². The van der Waals surface area contributed by atoms with Crippen molar-refractivity contribution in [3.8, 4) is 0 Å². The molecule has 3 aromatic rings. The maximum Gasteiger partial charge on any atom is 0.258 e. The molecule has 5 atom stereocenters. The van der Waals surface area contributed by atoms with Gasteiger partial charge in [-0.25, -0.2) is 0 Å².